The molecule has 0 saturated heterocycles. The van der Waals surface area contributed by atoms with Crippen LogP contribution in [0.3, 0.4) is 0 Å². The van der Waals surface area contributed by atoms with Crippen molar-refractivity contribution >= 4 is 199 Å². The second-order valence-electron chi connectivity index (χ2n) is 14.3. The van der Waals surface area contributed by atoms with Crippen LogP contribution in [0.5, 0.6) is 0 Å². The molecule has 0 aliphatic rings. The number of aliphatic hydroxyl groups excluding tert-OH is 2. The van der Waals surface area contributed by atoms with Crippen molar-refractivity contribution in [2.45, 2.75) is 104 Å². The number of carboxylic acid groups (broad SMARTS) is 8. The maximum absolute atomic E-state index is 12.1. The van der Waals surface area contributed by atoms with Crippen molar-refractivity contribution in [3.8, 4) is 0 Å². The molecule has 10 unspecified atom stereocenters. The van der Waals surface area contributed by atoms with Crippen LogP contribution in [0.1, 0.15) is 91.9 Å². The van der Waals surface area contributed by atoms with Gasteiger partial charge in [0.1, 0.15) is 0 Å². The maximum atomic E-state index is 12.1. The van der Waals surface area contributed by atoms with Gasteiger partial charge in [-0.2, -0.15) is 0 Å². The van der Waals surface area contributed by atoms with Gasteiger partial charge in [-0.25, -0.2) is 0 Å². The minimum Gasteiger partial charge on any atom is -0.481 e. The van der Waals surface area contributed by atoms with Crippen LogP contribution in [0.25, 0.3) is 0 Å². The van der Waals surface area contributed by atoms with Crippen molar-refractivity contribution < 1.29 is 89.4 Å². The van der Waals surface area contributed by atoms with Gasteiger partial charge in [0.25, 0.3) is 0 Å². The van der Waals surface area contributed by atoms with Gasteiger partial charge in [0.15, 0.2) is 0 Å². The molecule has 10 atom stereocenters. The van der Waals surface area contributed by atoms with Crippen molar-refractivity contribution in [3.05, 3.63) is 0 Å². The fourth-order valence-corrected chi connectivity index (χ4v) is 6.49. The predicted octanol–water partition coefficient (Wildman–Crippen LogP) is 1.00. The van der Waals surface area contributed by atoms with Crippen LogP contribution in [0, 0.1) is 59.2 Å². The third kappa shape index (κ3) is 26.8. The van der Waals surface area contributed by atoms with Crippen molar-refractivity contribution in [1.82, 2.24) is 0 Å². The second kappa shape index (κ2) is 33.4. The van der Waals surface area contributed by atoms with Gasteiger partial charge in [-0.1, -0.05) is 27.7 Å². The molecule has 8 radical (unpaired) electrons. The number of hydrogen-bond acceptors (Lipinski definition) is 10. The first-order chi connectivity index (χ1) is 23.9. The molecule has 10 N–H and O–H groups in total. The molecule has 56 heavy (non-hydrogen) atoms. The molecule has 18 nitrogen and oxygen atoms in total. The molecule has 0 spiro atoms. The summed E-state index contributed by atoms with van der Waals surface area (Å²) in [6.07, 6.45) is -7.42. The van der Waals surface area contributed by atoms with E-state index in [1.807, 2.05) is 0 Å². The van der Waals surface area contributed by atoms with Crippen LogP contribution in [0.2, 0.25) is 0 Å². The van der Waals surface area contributed by atoms with Crippen molar-refractivity contribution in [1.29, 1.82) is 0 Å². The molecule has 0 aromatic carbocycles. The van der Waals surface area contributed by atoms with E-state index < -0.39 is 132 Å². The van der Waals surface area contributed by atoms with Crippen LogP contribution < -0.4 is 0 Å². The Balaban J connectivity index is -0.00000217. The fourth-order valence-electron chi connectivity index (χ4n) is 6.49. The third-order valence-corrected chi connectivity index (χ3v) is 9.70. The van der Waals surface area contributed by atoms with Crippen LogP contribution in [-0.4, -0.2) is 262 Å². The van der Waals surface area contributed by atoms with Gasteiger partial charge in [0.05, 0.1) is 59.6 Å². The van der Waals surface area contributed by atoms with Gasteiger partial charge in [-0.05, 0) is 76.0 Å². The minimum absolute atomic E-state index is 0. The van der Waals surface area contributed by atoms with E-state index in [9.17, 15) is 89.4 Å². The average Bonchev–Trinajstić information content (AvgIpc) is 3.02. The maximum Gasteiger partial charge on any atom is 0.306 e. The Morgan fingerprint density at radius 1 is 0.304 bits per heavy atom. The van der Waals surface area contributed by atoms with Gasteiger partial charge in [0, 0.05) is 151 Å². The number of aliphatic carboxylic acids is 8. The first-order valence-electron chi connectivity index (χ1n) is 17.1. The Morgan fingerprint density at radius 3 is 0.589 bits per heavy atom. The largest absolute Gasteiger partial charge is 0.481 e. The van der Waals surface area contributed by atoms with E-state index in [-0.39, 0.29) is 202 Å². The Kier molecular flexibility index (Phi) is 39.2. The summed E-state index contributed by atoms with van der Waals surface area (Å²) in [7, 11) is 0. The summed E-state index contributed by atoms with van der Waals surface area (Å²) >= 11 is 0. The molecule has 0 heterocycles. The predicted molar refractivity (Wildman–Crippen MR) is 200 cm³/mol. The molecule has 0 aromatic rings. The van der Waals surface area contributed by atoms with Crippen molar-refractivity contribution in [2.24, 2.45) is 59.2 Å². The molecule has 0 amide bonds. The summed E-state index contributed by atoms with van der Waals surface area (Å²) in [6, 6.07) is 0. The minimum atomic E-state index is -1.76. The molecule has 0 saturated carbocycles. The standard InChI is InChI=1S/C34H54O18.4Ca/c1-15(27(37)38)5-21(31(45)46)9-19(10-22(32(47)48)6-16(2)28(39)40)13-25(35)26(36)14-20(11-23(33(49)50)7-17(3)29(41)42)12-24(34(51)52)8-18(4)30(43)44;;;;/h15-26,35-36H,5-14H2,1-4H3,(H,37,38)(H,39,40)(H,41,42)(H,43,44)(H,45,46)(H,47,48)(H,49,50)(H,51,52);;;;. The van der Waals surface area contributed by atoms with E-state index in [1.54, 1.807) is 0 Å². The number of rotatable bonds is 29. The SMILES string of the molecule is CC(CC(CC(CC(CC(C)C(=O)O)C(=O)O)CC(O)C(O)CC(CC(CC(C)C(=O)O)C(=O)O)CC(CC(C)C(=O)O)C(=O)O)C(=O)O)C(=O)O.[Ca].[Ca].[Ca].[Ca]. The van der Waals surface area contributed by atoms with Gasteiger partial charge < -0.3 is 51.1 Å². The molecular formula is C34H54Ca4O18. The van der Waals surface area contributed by atoms with E-state index in [2.05, 4.69) is 0 Å². The first kappa shape index (κ1) is 65.8. The monoisotopic (exact) mass is 910 g/mol. The van der Waals surface area contributed by atoms with Crippen LogP contribution in [-0.2, 0) is 38.4 Å². The topological polar surface area (TPSA) is 339 Å². The van der Waals surface area contributed by atoms with E-state index in [0.717, 1.165) is 0 Å². The molecule has 0 rings (SSSR count). The van der Waals surface area contributed by atoms with Crippen LogP contribution in [0.15, 0.2) is 0 Å². The fraction of sp³-hybridized carbons (Fsp3) is 0.765. The van der Waals surface area contributed by atoms with Crippen LogP contribution >= 0.6 is 0 Å². The summed E-state index contributed by atoms with van der Waals surface area (Å²) < 4.78 is 0. The zero-order valence-electron chi connectivity index (χ0n) is 32.6. The molecule has 0 aliphatic heterocycles. The van der Waals surface area contributed by atoms with E-state index in [1.165, 1.54) is 27.7 Å². The van der Waals surface area contributed by atoms with E-state index in [0.29, 0.717) is 0 Å². The average molecular weight is 911 g/mol. The summed E-state index contributed by atoms with van der Waals surface area (Å²) in [5.41, 5.74) is 0. The van der Waals surface area contributed by atoms with E-state index >= 15 is 0 Å². The Morgan fingerprint density at radius 2 is 0.464 bits per heavy atom. The molecule has 0 aromatic heterocycles. The quantitative estimate of drug-likeness (QED) is 0.0468. The summed E-state index contributed by atoms with van der Waals surface area (Å²) in [6.45, 7) is 5.07. The number of carbonyl (C=O) groups is 8. The van der Waals surface area contributed by atoms with Gasteiger partial charge in [-0.3, -0.25) is 38.4 Å². The van der Waals surface area contributed by atoms with Crippen LogP contribution in [0.4, 0.5) is 0 Å². The zero-order valence-corrected chi connectivity index (χ0v) is 41.4. The molecule has 0 aliphatic carbocycles. The summed E-state index contributed by atoms with van der Waals surface area (Å²) in [4.78, 5) is 94.3. The molecule has 0 bridgehead atoms. The first-order valence-corrected chi connectivity index (χ1v) is 17.1. The zero-order chi connectivity index (χ0) is 40.6. The molecule has 306 valence electrons. The molecular weight excluding hydrogens is 857 g/mol. The normalized spacial score (nSPS) is 17.2. The van der Waals surface area contributed by atoms with Crippen molar-refractivity contribution in [3.63, 3.8) is 0 Å². The molecule has 22 heteroatoms. The smallest absolute Gasteiger partial charge is 0.306 e. The second-order valence-corrected chi connectivity index (χ2v) is 14.3. The Hall–Kier alpha value is 0.719. The summed E-state index contributed by atoms with van der Waals surface area (Å²) in [5.74, 6) is -22.8. The van der Waals surface area contributed by atoms with Gasteiger partial charge >= 0.3 is 47.8 Å². The Labute approximate surface area is 444 Å². The Bertz CT molecular complexity index is 1090. The summed E-state index contributed by atoms with van der Waals surface area (Å²) in [5, 5.41) is 99.1. The van der Waals surface area contributed by atoms with E-state index in [4.69, 9.17) is 0 Å². The number of hydrogen-bond donors (Lipinski definition) is 10. The number of aliphatic hydroxyl groups is 2. The van der Waals surface area contributed by atoms with Crippen molar-refractivity contribution in [2.75, 3.05) is 0 Å². The van der Waals surface area contributed by atoms with Gasteiger partial charge in [-0.15, -0.1) is 0 Å². The van der Waals surface area contributed by atoms with Gasteiger partial charge in [0.2, 0.25) is 0 Å². The molecule has 0 fully saturated rings. The third-order valence-electron chi connectivity index (χ3n) is 9.70. The number of carboxylic acids is 8.